The van der Waals surface area contributed by atoms with Gasteiger partial charge >= 0.3 is 0 Å². The molecule has 1 N–H and O–H groups in total. The Bertz CT molecular complexity index is 293. The molecule has 104 valence electrons. The Morgan fingerprint density at radius 1 is 1.11 bits per heavy atom. The van der Waals surface area contributed by atoms with Crippen LogP contribution in [-0.2, 0) is 4.74 Å². The highest BCUT2D eigenvalue weighted by atomic mass is 16.5. The van der Waals surface area contributed by atoms with Crippen LogP contribution in [0.25, 0.3) is 0 Å². The van der Waals surface area contributed by atoms with Crippen molar-refractivity contribution in [3.8, 4) is 0 Å². The van der Waals surface area contributed by atoms with Crippen LogP contribution in [0.5, 0.6) is 0 Å². The molecule has 0 aromatic carbocycles. The first-order valence-corrected chi connectivity index (χ1v) is 7.73. The van der Waals surface area contributed by atoms with Gasteiger partial charge in [-0.05, 0) is 39.5 Å². The lowest BCUT2D eigenvalue weighted by atomic mass is 9.83. The van der Waals surface area contributed by atoms with E-state index >= 15 is 0 Å². The van der Waals surface area contributed by atoms with Gasteiger partial charge in [0.05, 0.1) is 0 Å². The van der Waals surface area contributed by atoms with Gasteiger partial charge in [-0.25, -0.2) is 0 Å². The van der Waals surface area contributed by atoms with Crippen molar-refractivity contribution in [3.63, 3.8) is 0 Å². The number of rotatable bonds is 1. The summed E-state index contributed by atoms with van der Waals surface area (Å²) in [6.45, 7) is 9.15. The molecule has 3 nitrogen and oxygen atoms in total. The maximum atomic E-state index is 5.57. The van der Waals surface area contributed by atoms with Crippen molar-refractivity contribution >= 4 is 0 Å². The van der Waals surface area contributed by atoms with Crippen LogP contribution in [0, 0.1) is 0 Å². The summed E-state index contributed by atoms with van der Waals surface area (Å²) in [7, 11) is 0. The van der Waals surface area contributed by atoms with E-state index in [1.165, 1.54) is 45.1 Å². The number of piperazine rings is 1. The van der Waals surface area contributed by atoms with Crippen LogP contribution in [0.4, 0.5) is 0 Å². The van der Waals surface area contributed by atoms with Gasteiger partial charge in [0.1, 0.15) is 0 Å². The minimum absolute atomic E-state index is 0.370. The predicted octanol–water partition coefficient (Wildman–Crippen LogP) is 2.16. The van der Waals surface area contributed by atoms with E-state index in [1.807, 2.05) is 0 Å². The third-order valence-corrected chi connectivity index (χ3v) is 5.60. The van der Waals surface area contributed by atoms with Crippen LogP contribution in [-0.4, -0.2) is 48.3 Å². The molecular formula is C15H28N2O. The molecular weight excluding hydrogens is 224 g/mol. The van der Waals surface area contributed by atoms with E-state index in [0.29, 0.717) is 17.1 Å². The molecule has 2 aliphatic heterocycles. The van der Waals surface area contributed by atoms with E-state index in [-0.39, 0.29) is 0 Å². The Hall–Kier alpha value is -0.120. The fourth-order valence-corrected chi connectivity index (χ4v) is 4.22. The summed E-state index contributed by atoms with van der Waals surface area (Å²) >= 11 is 0. The highest BCUT2D eigenvalue weighted by Crippen LogP contribution is 2.38. The predicted molar refractivity (Wildman–Crippen MR) is 73.8 cm³/mol. The monoisotopic (exact) mass is 252 g/mol. The van der Waals surface area contributed by atoms with Crippen molar-refractivity contribution in [2.24, 2.45) is 0 Å². The van der Waals surface area contributed by atoms with Gasteiger partial charge in [-0.1, -0.05) is 12.8 Å². The van der Waals surface area contributed by atoms with Gasteiger partial charge in [0.15, 0.2) is 0 Å². The second kappa shape index (κ2) is 4.77. The van der Waals surface area contributed by atoms with E-state index in [2.05, 4.69) is 24.1 Å². The zero-order chi connectivity index (χ0) is 12.6. The summed E-state index contributed by atoms with van der Waals surface area (Å²) in [4.78, 5) is 2.80. The van der Waals surface area contributed by atoms with Crippen LogP contribution in [0.3, 0.4) is 0 Å². The Labute approximate surface area is 111 Å². The molecule has 18 heavy (non-hydrogen) atoms. The van der Waals surface area contributed by atoms with E-state index < -0.39 is 0 Å². The normalized spacial score (nSPS) is 36.0. The Morgan fingerprint density at radius 3 is 2.44 bits per heavy atom. The third kappa shape index (κ3) is 2.21. The Morgan fingerprint density at radius 2 is 1.78 bits per heavy atom. The number of nitrogens with one attached hydrogen (secondary N) is 1. The molecule has 3 aliphatic rings. The van der Waals surface area contributed by atoms with Gasteiger partial charge in [0.25, 0.3) is 0 Å². The zero-order valence-electron chi connectivity index (χ0n) is 12.0. The standard InChI is InChI=1S/C15H28N2O/c1-13-11-16-15(5-3-4-6-15)12-17(13)14(2)7-9-18-10-8-14/h13,16H,3-12H2,1-2H3. The zero-order valence-corrected chi connectivity index (χ0v) is 12.0. The van der Waals surface area contributed by atoms with Crippen LogP contribution >= 0.6 is 0 Å². The quantitative estimate of drug-likeness (QED) is 0.774. The van der Waals surface area contributed by atoms with Crippen molar-refractivity contribution < 1.29 is 4.74 Å². The lowest BCUT2D eigenvalue weighted by Gasteiger charge is -2.54. The molecule has 1 saturated carbocycles. The summed E-state index contributed by atoms with van der Waals surface area (Å²) in [5, 5.41) is 3.86. The fraction of sp³-hybridized carbons (Fsp3) is 1.00. The largest absolute Gasteiger partial charge is 0.381 e. The van der Waals surface area contributed by atoms with E-state index in [1.54, 1.807) is 0 Å². The van der Waals surface area contributed by atoms with Crippen molar-refractivity contribution in [2.75, 3.05) is 26.3 Å². The first-order valence-electron chi connectivity index (χ1n) is 7.73. The van der Waals surface area contributed by atoms with Gasteiger partial charge < -0.3 is 10.1 Å². The van der Waals surface area contributed by atoms with Gasteiger partial charge in [0, 0.05) is 43.4 Å². The summed E-state index contributed by atoms with van der Waals surface area (Å²) in [6, 6.07) is 0.666. The smallest absolute Gasteiger partial charge is 0.0483 e. The van der Waals surface area contributed by atoms with Crippen molar-refractivity contribution in [3.05, 3.63) is 0 Å². The molecule has 0 amide bonds. The van der Waals surface area contributed by atoms with Crippen molar-refractivity contribution in [1.29, 1.82) is 0 Å². The molecule has 1 spiro atoms. The summed E-state index contributed by atoms with van der Waals surface area (Å²) < 4.78 is 5.57. The maximum Gasteiger partial charge on any atom is 0.0483 e. The average molecular weight is 252 g/mol. The molecule has 0 aromatic heterocycles. The number of hydrogen-bond donors (Lipinski definition) is 1. The fourth-order valence-electron chi connectivity index (χ4n) is 4.22. The van der Waals surface area contributed by atoms with E-state index in [9.17, 15) is 0 Å². The molecule has 2 heterocycles. The molecule has 0 aromatic rings. The number of ether oxygens (including phenoxy) is 1. The van der Waals surface area contributed by atoms with E-state index in [0.717, 1.165) is 19.8 Å². The van der Waals surface area contributed by atoms with Gasteiger partial charge in [0.2, 0.25) is 0 Å². The summed E-state index contributed by atoms with van der Waals surface area (Å²) in [6.07, 6.45) is 7.98. The van der Waals surface area contributed by atoms with Crippen LogP contribution < -0.4 is 5.32 Å². The lowest BCUT2D eigenvalue weighted by Crippen LogP contribution is -2.68. The topological polar surface area (TPSA) is 24.5 Å². The summed E-state index contributed by atoms with van der Waals surface area (Å²) in [5.74, 6) is 0. The Balaban J connectivity index is 1.76. The van der Waals surface area contributed by atoms with E-state index in [4.69, 9.17) is 4.74 Å². The third-order valence-electron chi connectivity index (χ3n) is 5.60. The molecule has 1 aliphatic carbocycles. The number of nitrogens with zero attached hydrogens (tertiary/aromatic N) is 1. The first kappa shape index (κ1) is 12.9. The highest BCUT2D eigenvalue weighted by Gasteiger charge is 2.46. The molecule has 1 unspecified atom stereocenters. The second-order valence-electron chi connectivity index (χ2n) is 6.95. The molecule has 3 rings (SSSR count). The van der Waals surface area contributed by atoms with Gasteiger partial charge in [-0.3, -0.25) is 4.90 Å². The first-order chi connectivity index (χ1) is 8.64. The van der Waals surface area contributed by atoms with Crippen molar-refractivity contribution in [1.82, 2.24) is 10.2 Å². The molecule has 0 radical (unpaired) electrons. The Kier molecular flexibility index (Phi) is 3.41. The molecule has 2 saturated heterocycles. The van der Waals surface area contributed by atoms with Crippen LogP contribution in [0.2, 0.25) is 0 Å². The van der Waals surface area contributed by atoms with Crippen LogP contribution in [0.1, 0.15) is 52.4 Å². The molecule has 3 heteroatoms. The minimum Gasteiger partial charge on any atom is -0.381 e. The molecule has 3 fully saturated rings. The van der Waals surface area contributed by atoms with Gasteiger partial charge in [-0.2, -0.15) is 0 Å². The van der Waals surface area contributed by atoms with Gasteiger partial charge in [-0.15, -0.1) is 0 Å². The lowest BCUT2D eigenvalue weighted by molar-refractivity contribution is -0.0626. The number of hydrogen-bond acceptors (Lipinski definition) is 3. The van der Waals surface area contributed by atoms with Crippen LogP contribution in [0.15, 0.2) is 0 Å². The second-order valence-corrected chi connectivity index (χ2v) is 6.95. The minimum atomic E-state index is 0.370. The molecule has 1 atom stereocenters. The highest BCUT2D eigenvalue weighted by molar-refractivity contribution is 5.04. The van der Waals surface area contributed by atoms with Crippen molar-refractivity contribution in [2.45, 2.75) is 69.5 Å². The molecule has 0 bridgehead atoms. The maximum absolute atomic E-state index is 5.57. The summed E-state index contributed by atoms with van der Waals surface area (Å²) in [5.41, 5.74) is 0.809. The average Bonchev–Trinajstić information content (AvgIpc) is 2.82. The SMILES string of the molecule is CC1CNC2(CCCC2)CN1C1(C)CCOCC1.